The van der Waals surface area contributed by atoms with Gasteiger partial charge in [-0.25, -0.2) is 8.42 Å². The Kier molecular flexibility index (Phi) is 7.01. The number of hydrogen-bond acceptors (Lipinski definition) is 4. The number of halogens is 4. The van der Waals surface area contributed by atoms with Gasteiger partial charge in [0.25, 0.3) is 0 Å². The molecule has 0 aliphatic carbocycles. The Morgan fingerprint density at radius 2 is 1.89 bits per heavy atom. The van der Waals surface area contributed by atoms with Gasteiger partial charge in [0.15, 0.2) is 0 Å². The summed E-state index contributed by atoms with van der Waals surface area (Å²) in [5.41, 5.74) is -1.14. The largest absolute Gasteiger partial charge is 0.416 e. The van der Waals surface area contributed by atoms with E-state index in [1.807, 2.05) is 7.05 Å². The van der Waals surface area contributed by atoms with Crippen molar-refractivity contribution in [3.8, 4) is 0 Å². The molecule has 0 bridgehead atoms. The van der Waals surface area contributed by atoms with Crippen molar-refractivity contribution in [3.63, 3.8) is 0 Å². The second-order valence-corrected chi connectivity index (χ2v) is 9.06. The van der Waals surface area contributed by atoms with E-state index < -0.39 is 38.6 Å². The fourth-order valence-corrected chi connectivity index (χ4v) is 4.82. The lowest BCUT2D eigenvalue weighted by Gasteiger charge is -2.36. The zero-order chi connectivity index (χ0) is 21.3. The Hall–Kier alpha value is -1.36. The van der Waals surface area contributed by atoms with Crippen LogP contribution in [0, 0.1) is 0 Å². The van der Waals surface area contributed by atoms with E-state index in [4.69, 9.17) is 11.6 Å². The minimum Gasteiger partial charge on any atom is -0.341 e. The van der Waals surface area contributed by atoms with Gasteiger partial charge in [-0.1, -0.05) is 11.6 Å². The van der Waals surface area contributed by atoms with Crippen LogP contribution >= 0.6 is 11.6 Å². The third-order valence-electron chi connectivity index (χ3n) is 4.83. The average Bonchev–Trinajstić information content (AvgIpc) is 2.59. The smallest absolute Gasteiger partial charge is 0.341 e. The summed E-state index contributed by atoms with van der Waals surface area (Å²) in [5, 5.41) is -0.358. The molecule has 1 aromatic rings. The predicted octanol–water partition coefficient (Wildman–Crippen LogP) is 2.58. The number of carbonyl (C=O) groups excluding carboxylic acids is 1. The number of carbonyl (C=O) groups is 1. The summed E-state index contributed by atoms with van der Waals surface area (Å²) in [7, 11) is -0.851. The highest BCUT2D eigenvalue weighted by Gasteiger charge is 2.34. The number of nitrogens with zero attached hydrogens (tertiary/aromatic N) is 2. The highest BCUT2D eigenvalue weighted by Crippen LogP contribution is 2.33. The molecule has 1 aliphatic heterocycles. The van der Waals surface area contributed by atoms with E-state index in [2.05, 4.69) is 9.62 Å². The summed E-state index contributed by atoms with van der Waals surface area (Å²) in [5.74, 6) is -0.457. The molecule has 1 saturated heterocycles. The molecule has 6 nitrogen and oxygen atoms in total. The Morgan fingerprint density at radius 3 is 2.43 bits per heavy atom. The van der Waals surface area contributed by atoms with Crippen LogP contribution in [0.25, 0.3) is 0 Å². The Labute approximate surface area is 167 Å². The topological polar surface area (TPSA) is 69.7 Å². The van der Waals surface area contributed by atoms with E-state index in [9.17, 15) is 26.4 Å². The molecule has 0 unspecified atom stereocenters. The number of piperidine rings is 1. The lowest BCUT2D eigenvalue weighted by Crippen LogP contribution is -2.51. The quantitative estimate of drug-likeness (QED) is 0.762. The van der Waals surface area contributed by atoms with E-state index >= 15 is 0 Å². The number of hydrogen-bond donors (Lipinski definition) is 1. The monoisotopic (exact) mass is 441 g/mol. The van der Waals surface area contributed by atoms with Crippen molar-refractivity contribution in [1.29, 1.82) is 0 Å². The van der Waals surface area contributed by atoms with Crippen LogP contribution in [0.5, 0.6) is 0 Å². The molecule has 0 radical (unpaired) electrons. The molecule has 0 spiro atoms. The second-order valence-electron chi connectivity index (χ2n) is 6.97. The summed E-state index contributed by atoms with van der Waals surface area (Å²) in [6.07, 6.45) is -3.19. The van der Waals surface area contributed by atoms with Gasteiger partial charge in [-0.15, -0.1) is 0 Å². The average molecular weight is 442 g/mol. The number of likely N-dealkylation sites (N-methyl/N-ethyl adjacent to an activating group) is 1. The van der Waals surface area contributed by atoms with E-state index in [1.165, 1.54) is 11.8 Å². The fraction of sp³-hybridized carbons (Fsp3) is 0.588. The van der Waals surface area contributed by atoms with Gasteiger partial charge >= 0.3 is 6.18 Å². The molecule has 1 aliphatic rings. The zero-order valence-electron chi connectivity index (χ0n) is 15.8. The lowest BCUT2D eigenvalue weighted by atomic mass is 10.0. The van der Waals surface area contributed by atoms with Gasteiger partial charge in [-0.3, -0.25) is 4.79 Å². The number of benzene rings is 1. The Bertz CT molecular complexity index is 825. The molecular weight excluding hydrogens is 419 g/mol. The third-order valence-corrected chi connectivity index (χ3v) is 6.86. The molecule has 1 N–H and O–H groups in total. The standard InChI is InChI=1S/C17H23ClF3N3O3S/c1-11(16(25)24(3)13-6-8-23(2)9-7-13)22-28(26,27)15-10-12(17(19,20)21)4-5-14(15)18/h4-5,10-11,13,22H,6-9H2,1-3H3/t11-/m1/s1. The Morgan fingerprint density at radius 1 is 1.32 bits per heavy atom. The van der Waals surface area contributed by atoms with Crippen LogP contribution in [0.1, 0.15) is 25.3 Å². The maximum absolute atomic E-state index is 12.9. The molecule has 0 saturated carbocycles. The van der Waals surface area contributed by atoms with Crippen LogP contribution in [-0.2, 0) is 21.0 Å². The van der Waals surface area contributed by atoms with Crippen LogP contribution in [0.2, 0.25) is 5.02 Å². The third kappa shape index (κ3) is 5.37. The van der Waals surface area contributed by atoms with Crippen LogP contribution in [0.15, 0.2) is 23.1 Å². The van der Waals surface area contributed by atoms with Gasteiger partial charge in [-0.2, -0.15) is 17.9 Å². The van der Waals surface area contributed by atoms with Gasteiger partial charge < -0.3 is 9.80 Å². The number of rotatable bonds is 5. The van der Waals surface area contributed by atoms with Crippen molar-refractivity contribution in [3.05, 3.63) is 28.8 Å². The van der Waals surface area contributed by atoms with E-state index in [0.29, 0.717) is 12.1 Å². The van der Waals surface area contributed by atoms with Crippen molar-refractivity contribution in [2.45, 2.75) is 42.9 Å². The maximum Gasteiger partial charge on any atom is 0.416 e. The molecular formula is C17H23ClF3N3O3S. The van der Waals surface area contributed by atoms with Crippen LogP contribution < -0.4 is 4.72 Å². The van der Waals surface area contributed by atoms with Crippen molar-refractivity contribution in [1.82, 2.24) is 14.5 Å². The number of sulfonamides is 1. The van der Waals surface area contributed by atoms with E-state index in [1.54, 1.807) is 7.05 Å². The number of alkyl halides is 3. The van der Waals surface area contributed by atoms with Crippen molar-refractivity contribution < 1.29 is 26.4 Å². The normalized spacial score (nSPS) is 18.1. The number of amides is 1. The van der Waals surface area contributed by atoms with Crippen LogP contribution in [-0.4, -0.2) is 63.4 Å². The molecule has 158 valence electrons. The van der Waals surface area contributed by atoms with E-state index in [0.717, 1.165) is 32.0 Å². The SMILES string of the molecule is C[C@@H](NS(=O)(=O)c1cc(C(F)(F)F)ccc1Cl)C(=O)N(C)C1CCN(C)CC1. The minimum atomic E-state index is -4.72. The summed E-state index contributed by atoms with van der Waals surface area (Å²) >= 11 is 5.81. The zero-order valence-corrected chi connectivity index (χ0v) is 17.3. The fourth-order valence-electron chi connectivity index (χ4n) is 3.10. The summed E-state index contributed by atoms with van der Waals surface area (Å²) in [4.78, 5) is 15.5. The van der Waals surface area contributed by atoms with Crippen LogP contribution in [0.3, 0.4) is 0 Å². The van der Waals surface area contributed by atoms with Gasteiger partial charge in [-0.05, 0) is 58.1 Å². The first-order chi connectivity index (χ1) is 12.8. The Balaban J connectivity index is 2.16. The van der Waals surface area contributed by atoms with Crippen molar-refractivity contribution in [2.24, 2.45) is 0 Å². The highest BCUT2D eigenvalue weighted by atomic mass is 35.5. The molecule has 1 amide bonds. The molecule has 1 fully saturated rings. The van der Waals surface area contributed by atoms with Gasteiger partial charge in [0, 0.05) is 13.1 Å². The molecule has 0 aromatic heterocycles. The minimum absolute atomic E-state index is 0.0206. The number of nitrogens with one attached hydrogen (secondary N) is 1. The van der Waals surface area contributed by atoms with E-state index in [-0.39, 0.29) is 11.1 Å². The molecule has 1 heterocycles. The second kappa shape index (κ2) is 8.56. The first-order valence-corrected chi connectivity index (χ1v) is 10.5. The summed E-state index contributed by atoms with van der Waals surface area (Å²) < 4.78 is 65.9. The summed E-state index contributed by atoms with van der Waals surface area (Å²) in [6.45, 7) is 3.00. The highest BCUT2D eigenvalue weighted by molar-refractivity contribution is 7.89. The van der Waals surface area contributed by atoms with Crippen LogP contribution in [0.4, 0.5) is 13.2 Å². The first kappa shape index (κ1) is 22.9. The van der Waals surface area contributed by atoms with Gasteiger partial charge in [0.05, 0.1) is 16.6 Å². The maximum atomic E-state index is 12.9. The number of likely N-dealkylation sites (tertiary alicyclic amines) is 1. The summed E-state index contributed by atoms with van der Waals surface area (Å²) in [6, 6.07) is 0.857. The van der Waals surface area contributed by atoms with Gasteiger partial charge in [0.1, 0.15) is 4.90 Å². The molecule has 11 heteroatoms. The first-order valence-electron chi connectivity index (χ1n) is 8.67. The molecule has 1 aromatic carbocycles. The van der Waals surface area contributed by atoms with Crippen molar-refractivity contribution >= 4 is 27.5 Å². The molecule has 1 atom stereocenters. The molecule has 2 rings (SSSR count). The van der Waals surface area contributed by atoms with Gasteiger partial charge in [0.2, 0.25) is 15.9 Å². The molecule has 28 heavy (non-hydrogen) atoms. The predicted molar refractivity (Wildman–Crippen MR) is 99.5 cm³/mol. The van der Waals surface area contributed by atoms with Crippen molar-refractivity contribution in [2.75, 3.05) is 27.2 Å². The lowest BCUT2D eigenvalue weighted by molar-refractivity contribution is -0.137.